The summed E-state index contributed by atoms with van der Waals surface area (Å²) in [5.41, 5.74) is 0. The van der Waals surface area contributed by atoms with Crippen LogP contribution in [-0.4, -0.2) is 45.1 Å². The number of hydrogen-bond donors (Lipinski definition) is 2. The first-order valence-electron chi connectivity index (χ1n) is 7.34. The zero-order chi connectivity index (χ0) is 17.0. The molecule has 1 aliphatic carbocycles. The highest BCUT2D eigenvalue weighted by Gasteiger charge is 2.60. The molecule has 1 saturated heterocycles. The van der Waals surface area contributed by atoms with Crippen molar-refractivity contribution in [3.8, 4) is 0 Å². The smallest absolute Gasteiger partial charge is 0.407 e. The average Bonchev–Trinajstić information content (AvgIpc) is 3.01. The minimum Gasteiger partial charge on any atom is -0.465 e. The summed E-state index contributed by atoms with van der Waals surface area (Å²) in [5, 5.41) is 13.6. The summed E-state index contributed by atoms with van der Waals surface area (Å²) in [6, 6.07) is 3.34. The molecule has 2 amide bonds. The third kappa shape index (κ3) is 2.53. The van der Waals surface area contributed by atoms with Gasteiger partial charge in [0.2, 0.25) is 5.91 Å². The fraction of sp³-hybridized carbons (Fsp3) is 0.333. The van der Waals surface area contributed by atoms with E-state index in [0.717, 1.165) is 5.39 Å². The number of fused-ring (bicyclic) bond motifs is 2. The van der Waals surface area contributed by atoms with Gasteiger partial charge in [-0.1, -0.05) is 23.2 Å². The van der Waals surface area contributed by atoms with Crippen molar-refractivity contribution in [2.75, 3.05) is 18.4 Å². The first-order chi connectivity index (χ1) is 11.4. The summed E-state index contributed by atoms with van der Waals surface area (Å²) < 4.78 is 0. The topological polar surface area (TPSA) is 95.4 Å². The Hall–Kier alpha value is -2.12. The third-order valence-electron chi connectivity index (χ3n) is 4.66. The van der Waals surface area contributed by atoms with Gasteiger partial charge < -0.3 is 15.3 Å². The number of piperidine rings is 1. The molecule has 0 unspecified atom stereocenters. The van der Waals surface area contributed by atoms with Crippen LogP contribution in [0.3, 0.4) is 0 Å². The molecule has 0 bridgehead atoms. The summed E-state index contributed by atoms with van der Waals surface area (Å²) in [5.74, 6) is 0.339. The normalized spacial score (nSPS) is 24.8. The number of carboxylic acid groups (broad SMARTS) is 1. The van der Waals surface area contributed by atoms with Crippen molar-refractivity contribution in [3.63, 3.8) is 0 Å². The number of anilines is 1. The number of nitrogens with zero attached hydrogens (tertiary/aromatic N) is 3. The summed E-state index contributed by atoms with van der Waals surface area (Å²) >= 11 is 11.9. The highest BCUT2D eigenvalue weighted by Crippen LogP contribution is 2.52. The Morgan fingerprint density at radius 3 is 2.62 bits per heavy atom. The fourth-order valence-electron chi connectivity index (χ4n) is 3.43. The second kappa shape index (κ2) is 5.46. The van der Waals surface area contributed by atoms with Crippen LogP contribution in [0.25, 0.3) is 10.8 Å². The molecule has 3 heterocycles. The highest BCUT2D eigenvalue weighted by molar-refractivity contribution is 6.36. The van der Waals surface area contributed by atoms with Gasteiger partial charge in [0.1, 0.15) is 16.1 Å². The first kappa shape index (κ1) is 15.4. The van der Waals surface area contributed by atoms with Crippen LogP contribution in [-0.2, 0) is 4.79 Å². The van der Waals surface area contributed by atoms with Crippen LogP contribution in [0, 0.1) is 17.8 Å². The lowest BCUT2D eigenvalue weighted by molar-refractivity contribution is -0.118. The quantitative estimate of drug-likeness (QED) is 0.796. The Balaban J connectivity index is 1.48. The molecule has 2 aromatic rings. The van der Waals surface area contributed by atoms with Crippen LogP contribution in [0.15, 0.2) is 18.3 Å². The van der Waals surface area contributed by atoms with E-state index in [0.29, 0.717) is 24.3 Å². The molecule has 7 nitrogen and oxygen atoms in total. The monoisotopic (exact) mass is 366 g/mol. The number of halogens is 2. The maximum atomic E-state index is 12.4. The van der Waals surface area contributed by atoms with E-state index in [1.54, 1.807) is 12.1 Å². The van der Waals surface area contributed by atoms with E-state index in [1.165, 1.54) is 11.1 Å². The van der Waals surface area contributed by atoms with E-state index in [9.17, 15) is 9.59 Å². The number of rotatable bonds is 2. The summed E-state index contributed by atoms with van der Waals surface area (Å²) in [4.78, 5) is 32.7. The van der Waals surface area contributed by atoms with Crippen molar-refractivity contribution in [3.05, 3.63) is 28.6 Å². The van der Waals surface area contributed by atoms with Gasteiger partial charge in [0, 0.05) is 30.6 Å². The molecule has 2 aliphatic rings. The van der Waals surface area contributed by atoms with Crippen LogP contribution >= 0.6 is 23.2 Å². The molecule has 0 radical (unpaired) electrons. The van der Waals surface area contributed by atoms with Crippen molar-refractivity contribution in [2.24, 2.45) is 17.8 Å². The summed E-state index contributed by atoms with van der Waals surface area (Å²) in [7, 11) is 0. The molecule has 9 heteroatoms. The summed E-state index contributed by atoms with van der Waals surface area (Å²) in [6.07, 6.45) is 0.608. The van der Waals surface area contributed by atoms with E-state index in [-0.39, 0.29) is 34.0 Å². The van der Waals surface area contributed by atoms with Gasteiger partial charge >= 0.3 is 6.09 Å². The zero-order valence-corrected chi connectivity index (χ0v) is 13.8. The zero-order valence-electron chi connectivity index (χ0n) is 12.2. The molecule has 1 saturated carbocycles. The lowest BCUT2D eigenvalue weighted by Crippen LogP contribution is -2.32. The maximum absolute atomic E-state index is 12.4. The highest BCUT2D eigenvalue weighted by atomic mass is 35.5. The van der Waals surface area contributed by atoms with E-state index < -0.39 is 6.09 Å². The number of aromatic nitrogens is 2. The Labute approximate surface area is 146 Å². The number of nitrogens with one attached hydrogen (secondary N) is 1. The van der Waals surface area contributed by atoms with Crippen LogP contribution in [0.5, 0.6) is 0 Å². The molecular formula is C15H12Cl2N4O3. The number of carbonyl (C=O) groups is 2. The standard InChI is InChI=1S/C15H12Cl2N4O3/c16-10-1-6-2-11(18-3-7(6)13(17)19-10)20-14(22)12-8-4-21(15(23)24)5-9(8)12/h1-3,8-9,12H,4-5H2,(H,23,24)(H,18,20,22)/t8-,9+,12+. The van der Waals surface area contributed by atoms with Gasteiger partial charge in [-0.3, -0.25) is 4.79 Å². The molecular weight excluding hydrogens is 355 g/mol. The van der Waals surface area contributed by atoms with Crippen molar-refractivity contribution in [2.45, 2.75) is 0 Å². The van der Waals surface area contributed by atoms with Gasteiger partial charge in [0.15, 0.2) is 0 Å². The molecule has 24 heavy (non-hydrogen) atoms. The predicted octanol–water partition coefficient (Wildman–Crippen LogP) is 2.73. The largest absolute Gasteiger partial charge is 0.465 e. The van der Waals surface area contributed by atoms with Gasteiger partial charge in [-0.05, 0) is 29.4 Å². The van der Waals surface area contributed by atoms with Gasteiger partial charge in [0.05, 0.1) is 0 Å². The number of carbonyl (C=O) groups excluding carboxylic acids is 1. The number of likely N-dealkylation sites (tertiary alicyclic amines) is 1. The van der Waals surface area contributed by atoms with Crippen LogP contribution < -0.4 is 5.32 Å². The second-order valence-electron chi connectivity index (χ2n) is 6.06. The first-order valence-corrected chi connectivity index (χ1v) is 8.10. The van der Waals surface area contributed by atoms with Crippen LogP contribution in [0.2, 0.25) is 10.3 Å². The number of hydrogen-bond acceptors (Lipinski definition) is 4. The molecule has 1 aliphatic heterocycles. The van der Waals surface area contributed by atoms with Gasteiger partial charge in [-0.2, -0.15) is 0 Å². The minimum absolute atomic E-state index is 0.106. The lowest BCUT2D eigenvalue weighted by atomic mass is 10.2. The van der Waals surface area contributed by atoms with Gasteiger partial charge in [-0.15, -0.1) is 0 Å². The van der Waals surface area contributed by atoms with E-state index in [1.807, 2.05) is 0 Å². The van der Waals surface area contributed by atoms with Crippen molar-refractivity contribution in [1.82, 2.24) is 14.9 Å². The van der Waals surface area contributed by atoms with Crippen molar-refractivity contribution >= 4 is 51.8 Å². The minimum atomic E-state index is -0.931. The SMILES string of the molecule is O=C(Nc1cc2cc(Cl)nc(Cl)c2cn1)[C@H]1[C@@H]2CN(C(=O)O)C[C@@H]21. The fourth-order valence-corrected chi connectivity index (χ4v) is 3.92. The maximum Gasteiger partial charge on any atom is 0.407 e. The van der Waals surface area contributed by atoms with E-state index >= 15 is 0 Å². The van der Waals surface area contributed by atoms with Gasteiger partial charge in [0.25, 0.3) is 0 Å². The van der Waals surface area contributed by atoms with Crippen molar-refractivity contribution < 1.29 is 14.7 Å². The molecule has 0 aromatic carbocycles. The Morgan fingerprint density at radius 2 is 1.96 bits per heavy atom. The summed E-state index contributed by atoms with van der Waals surface area (Å²) in [6.45, 7) is 0.834. The van der Waals surface area contributed by atoms with Crippen LogP contribution in [0.4, 0.5) is 10.6 Å². The Morgan fingerprint density at radius 1 is 1.25 bits per heavy atom. The molecule has 3 atom stereocenters. The lowest BCUT2D eigenvalue weighted by Gasteiger charge is -2.15. The second-order valence-corrected chi connectivity index (χ2v) is 6.80. The third-order valence-corrected chi connectivity index (χ3v) is 5.14. The van der Waals surface area contributed by atoms with Gasteiger partial charge in [-0.25, -0.2) is 14.8 Å². The van der Waals surface area contributed by atoms with E-state index in [4.69, 9.17) is 28.3 Å². The predicted molar refractivity (Wildman–Crippen MR) is 88.3 cm³/mol. The average molecular weight is 367 g/mol. The number of amides is 2. The molecule has 4 rings (SSSR count). The molecule has 2 fully saturated rings. The molecule has 124 valence electrons. The number of pyridine rings is 2. The molecule has 0 spiro atoms. The van der Waals surface area contributed by atoms with Crippen molar-refractivity contribution in [1.29, 1.82) is 0 Å². The Bertz CT molecular complexity index is 863. The van der Waals surface area contributed by atoms with E-state index in [2.05, 4.69) is 15.3 Å². The molecule has 2 N–H and O–H groups in total. The Kier molecular flexibility index (Phi) is 3.51. The van der Waals surface area contributed by atoms with Crippen LogP contribution in [0.1, 0.15) is 0 Å². The molecule has 2 aromatic heterocycles.